The van der Waals surface area contributed by atoms with Crippen LogP contribution in [0, 0.1) is 0 Å². The lowest BCUT2D eigenvalue weighted by molar-refractivity contribution is 0.159. The molecule has 0 saturated carbocycles. The monoisotopic (exact) mass is 154 g/mol. The first kappa shape index (κ1) is 8.87. The van der Waals surface area contributed by atoms with Gasteiger partial charge < -0.3 is 5.11 Å². The highest BCUT2D eigenvalue weighted by molar-refractivity contribution is 7.67. The molecule has 0 aromatic heterocycles. The van der Waals surface area contributed by atoms with Gasteiger partial charge in [0.25, 0.3) is 11.0 Å². The van der Waals surface area contributed by atoms with Gasteiger partial charge in [0.1, 0.15) is 0 Å². The lowest BCUT2D eigenvalue weighted by Crippen LogP contribution is -2.04. The first-order valence-corrected chi connectivity index (χ1v) is 3.68. The van der Waals surface area contributed by atoms with Crippen LogP contribution in [0.3, 0.4) is 0 Å². The van der Waals surface area contributed by atoms with Crippen molar-refractivity contribution in [2.75, 3.05) is 6.61 Å². The van der Waals surface area contributed by atoms with Crippen molar-refractivity contribution in [1.82, 2.24) is 0 Å². The second-order valence-electron chi connectivity index (χ2n) is 1.69. The maximum Gasteiger partial charge on any atom is 0.257 e. The van der Waals surface area contributed by atoms with E-state index in [4.69, 9.17) is 5.11 Å². The summed E-state index contributed by atoms with van der Waals surface area (Å²) in [5.74, 6) is 0. The summed E-state index contributed by atoms with van der Waals surface area (Å²) in [5.41, 5.74) is 0. The van der Waals surface area contributed by atoms with Gasteiger partial charge in [-0.1, -0.05) is 0 Å². The number of rotatable bonds is 4. The van der Waals surface area contributed by atoms with Crippen molar-refractivity contribution in [3.05, 3.63) is 0 Å². The van der Waals surface area contributed by atoms with E-state index in [2.05, 4.69) is 4.18 Å². The van der Waals surface area contributed by atoms with Gasteiger partial charge in [0.05, 0.1) is 12.7 Å². The summed E-state index contributed by atoms with van der Waals surface area (Å²) in [7, 11) is -2.74. The Labute approximate surface area is 55.6 Å². The van der Waals surface area contributed by atoms with Gasteiger partial charge in [-0.3, -0.25) is 4.18 Å². The summed E-state index contributed by atoms with van der Waals surface area (Å²) < 4.78 is 23.6. The van der Waals surface area contributed by atoms with Crippen LogP contribution >= 0.6 is 0 Å². The Balaban J connectivity index is 3.10. The number of hydrogen-bond donors (Lipinski definition) is 2. The molecule has 0 saturated heterocycles. The van der Waals surface area contributed by atoms with Gasteiger partial charge in [-0.25, -0.2) is 8.42 Å². The van der Waals surface area contributed by atoms with Crippen molar-refractivity contribution in [3.8, 4) is 0 Å². The van der Waals surface area contributed by atoms with Crippen LogP contribution < -0.4 is 0 Å². The van der Waals surface area contributed by atoms with Crippen LogP contribution in [-0.2, 0) is 15.2 Å². The van der Waals surface area contributed by atoms with Crippen LogP contribution in [0.5, 0.6) is 0 Å². The molecule has 9 heavy (non-hydrogen) atoms. The zero-order valence-corrected chi connectivity index (χ0v) is 6.01. The van der Waals surface area contributed by atoms with E-state index in [1.165, 1.54) is 0 Å². The van der Waals surface area contributed by atoms with Crippen LogP contribution in [0.15, 0.2) is 0 Å². The maximum absolute atomic E-state index is 9.71. The first-order chi connectivity index (χ1) is 4.13. The number of thiol groups is 1. The van der Waals surface area contributed by atoms with E-state index in [1.807, 2.05) is 0 Å². The van der Waals surface area contributed by atoms with Crippen molar-refractivity contribution in [2.45, 2.75) is 19.4 Å². The second-order valence-corrected chi connectivity index (χ2v) is 2.40. The third-order valence-electron chi connectivity index (χ3n) is 0.732. The van der Waals surface area contributed by atoms with Crippen LogP contribution in [0.4, 0.5) is 0 Å². The summed E-state index contributed by atoms with van der Waals surface area (Å²) >= 11 is 0. The standard InChI is InChI=1S/C4H10O4S/c1-4(5)2-3-8-9(6)7/h4-5,9H,2-3H2,1H3. The van der Waals surface area contributed by atoms with Crippen LogP contribution in [-0.4, -0.2) is 26.2 Å². The molecule has 1 atom stereocenters. The van der Waals surface area contributed by atoms with Crippen LogP contribution in [0.2, 0.25) is 0 Å². The molecule has 0 fully saturated rings. The van der Waals surface area contributed by atoms with E-state index in [-0.39, 0.29) is 6.61 Å². The quantitative estimate of drug-likeness (QED) is 0.526. The average molecular weight is 154 g/mol. The Morgan fingerprint density at radius 3 is 2.56 bits per heavy atom. The molecule has 1 unspecified atom stereocenters. The SMILES string of the molecule is CC(O)CCO[SH](=O)=O. The molecule has 0 amide bonds. The largest absolute Gasteiger partial charge is 0.393 e. The van der Waals surface area contributed by atoms with Gasteiger partial charge in [-0.2, -0.15) is 0 Å². The fourth-order valence-corrected chi connectivity index (χ4v) is 0.552. The van der Waals surface area contributed by atoms with Gasteiger partial charge in [-0.05, 0) is 13.3 Å². The molecule has 0 heterocycles. The molecule has 56 valence electrons. The van der Waals surface area contributed by atoms with E-state index in [9.17, 15) is 8.42 Å². The van der Waals surface area contributed by atoms with Crippen LogP contribution in [0.25, 0.3) is 0 Å². The molecule has 0 aliphatic rings. The number of hydrogen-bond acceptors (Lipinski definition) is 4. The third kappa shape index (κ3) is 7.87. The van der Waals surface area contributed by atoms with Crippen molar-refractivity contribution < 1.29 is 17.7 Å². The molecule has 0 aliphatic heterocycles. The van der Waals surface area contributed by atoms with Gasteiger partial charge in [0.2, 0.25) is 0 Å². The zero-order chi connectivity index (χ0) is 7.28. The van der Waals surface area contributed by atoms with Crippen molar-refractivity contribution in [3.63, 3.8) is 0 Å². The first-order valence-electron chi connectivity index (χ1n) is 2.58. The smallest absolute Gasteiger partial charge is 0.257 e. The molecule has 5 heteroatoms. The molecule has 0 spiro atoms. The number of aliphatic hydroxyl groups is 1. The van der Waals surface area contributed by atoms with Crippen molar-refractivity contribution in [1.29, 1.82) is 0 Å². The van der Waals surface area contributed by atoms with Crippen molar-refractivity contribution >= 4 is 11.0 Å². The molecule has 0 aromatic rings. The fourth-order valence-electron chi connectivity index (χ4n) is 0.298. The molecule has 0 rings (SSSR count). The summed E-state index contributed by atoms with van der Waals surface area (Å²) in [6.07, 6.45) is -0.150. The Kier molecular flexibility index (Phi) is 4.65. The number of aliphatic hydroxyl groups excluding tert-OH is 1. The molecule has 0 bridgehead atoms. The lowest BCUT2D eigenvalue weighted by atomic mass is 10.3. The topological polar surface area (TPSA) is 63.6 Å². The van der Waals surface area contributed by atoms with Crippen molar-refractivity contribution in [2.24, 2.45) is 0 Å². The Bertz CT molecular complexity index is 121. The molecule has 0 aliphatic carbocycles. The van der Waals surface area contributed by atoms with E-state index in [0.717, 1.165) is 0 Å². The molecular weight excluding hydrogens is 144 g/mol. The second kappa shape index (κ2) is 4.72. The van der Waals surface area contributed by atoms with E-state index >= 15 is 0 Å². The van der Waals surface area contributed by atoms with E-state index in [0.29, 0.717) is 6.42 Å². The summed E-state index contributed by atoms with van der Waals surface area (Å²) in [4.78, 5) is 0. The third-order valence-corrected chi connectivity index (χ3v) is 1.13. The summed E-state index contributed by atoms with van der Waals surface area (Å²) in [6, 6.07) is 0. The molecule has 0 aromatic carbocycles. The average Bonchev–Trinajstić information content (AvgIpc) is 1.63. The minimum Gasteiger partial charge on any atom is -0.393 e. The Hall–Kier alpha value is -0.130. The summed E-state index contributed by atoms with van der Waals surface area (Å²) in [6.45, 7) is 1.64. The minimum absolute atomic E-state index is 0.0658. The minimum atomic E-state index is -2.74. The van der Waals surface area contributed by atoms with Crippen LogP contribution in [0.1, 0.15) is 13.3 Å². The Morgan fingerprint density at radius 2 is 2.22 bits per heavy atom. The lowest BCUT2D eigenvalue weighted by Gasteiger charge is -1.98. The molecule has 4 nitrogen and oxygen atoms in total. The zero-order valence-electron chi connectivity index (χ0n) is 5.11. The molecule has 1 N–H and O–H groups in total. The molecular formula is C4H10O4S. The van der Waals surface area contributed by atoms with Gasteiger partial charge in [0, 0.05) is 0 Å². The van der Waals surface area contributed by atoms with Gasteiger partial charge in [-0.15, -0.1) is 0 Å². The van der Waals surface area contributed by atoms with Gasteiger partial charge >= 0.3 is 0 Å². The fraction of sp³-hybridized carbons (Fsp3) is 1.00. The predicted octanol–water partition coefficient (Wildman–Crippen LogP) is -0.700. The summed E-state index contributed by atoms with van der Waals surface area (Å²) in [5, 5.41) is 8.59. The van der Waals surface area contributed by atoms with Gasteiger partial charge in [0.15, 0.2) is 0 Å². The normalized spacial score (nSPS) is 14.1. The Morgan fingerprint density at radius 1 is 1.67 bits per heavy atom. The highest BCUT2D eigenvalue weighted by Gasteiger charge is 1.94. The highest BCUT2D eigenvalue weighted by Crippen LogP contribution is 1.88. The maximum atomic E-state index is 9.71. The van der Waals surface area contributed by atoms with E-state index in [1.54, 1.807) is 6.92 Å². The predicted molar refractivity (Wildman–Crippen MR) is 32.6 cm³/mol. The van der Waals surface area contributed by atoms with E-state index < -0.39 is 17.1 Å². The highest BCUT2D eigenvalue weighted by atomic mass is 32.2. The molecule has 0 radical (unpaired) electrons.